The molecule has 1 atom stereocenters. The van der Waals surface area contributed by atoms with Crippen LogP contribution in [0.25, 0.3) is 0 Å². The number of aryl methyl sites for hydroxylation is 1. The number of pyridine rings is 1. The van der Waals surface area contributed by atoms with Crippen molar-refractivity contribution in [3.8, 4) is 0 Å². The minimum absolute atomic E-state index is 0.127. The maximum absolute atomic E-state index is 12.6. The average Bonchev–Trinajstić information content (AvgIpc) is 3.02. The summed E-state index contributed by atoms with van der Waals surface area (Å²) < 4.78 is 0. The van der Waals surface area contributed by atoms with Gasteiger partial charge in [-0.25, -0.2) is 0 Å². The van der Waals surface area contributed by atoms with Crippen molar-refractivity contribution in [3.63, 3.8) is 0 Å². The van der Waals surface area contributed by atoms with E-state index in [-0.39, 0.29) is 11.8 Å². The molecule has 0 spiro atoms. The quantitative estimate of drug-likeness (QED) is 0.859. The van der Waals surface area contributed by atoms with E-state index in [1.165, 1.54) is 5.56 Å². The SMILES string of the molecule is CCc1ccc(N2CC[C@H](C(=O)NCc3ccccn3)C2=O)cc1. The molecule has 0 saturated carbocycles. The summed E-state index contributed by atoms with van der Waals surface area (Å²) in [6, 6.07) is 13.5. The van der Waals surface area contributed by atoms with Crippen LogP contribution in [0.15, 0.2) is 48.7 Å². The van der Waals surface area contributed by atoms with Crippen molar-refractivity contribution in [1.29, 1.82) is 0 Å². The fraction of sp³-hybridized carbons (Fsp3) is 0.316. The van der Waals surface area contributed by atoms with Gasteiger partial charge in [-0.3, -0.25) is 14.6 Å². The number of amides is 2. The van der Waals surface area contributed by atoms with Gasteiger partial charge in [-0.15, -0.1) is 0 Å². The average molecular weight is 323 g/mol. The molecule has 2 aromatic rings. The summed E-state index contributed by atoms with van der Waals surface area (Å²) in [6.07, 6.45) is 3.19. The lowest BCUT2D eigenvalue weighted by molar-refractivity contribution is -0.132. The molecule has 124 valence electrons. The van der Waals surface area contributed by atoms with Gasteiger partial charge in [0.15, 0.2) is 0 Å². The first kappa shape index (κ1) is 16.2. The van der Waals surface area contributed by atoms with Crippen molar-refractivity contribution in [3.05, 3.63) is 59.9 Å². The topological polar surface area (TPSA) is 62.3 Å². The molecular weight excluding hydrogens is 302 g/mol. The Hall–Kier alpha value is -2.69. The van der Waals surface area contributed by atoms with Crippen LogP contribution >= 0.6 is 0 Å². The molecule has 1 aromatic carbocycles. The minimum atomic E-state index is -0.612. The highest BCUT2D eigenvalue weighted by atomic mass is 16.2. The maximum atomic E-state index is 12.6. The number of nitrogens with zero attached hydrogens (tertiary/aromatic N) is 2. The van der Waals surface area contributed by atoms with Crippen LogP contribution in [0.2, 0.25) is 0 Å². The molecule has 0 radical (unpaired) electrons. The van der Waals surface area contributed by atoms with Gasteiger partial charge in [-0.05, 0) is 42.7 Å². The molecular formula is C19H21N3O2. The van der Waals surface area contributed by atoms with E-state index in [4.69, 9.17) is 0 Å². The first-order valence-corrected chi connectivity index (χ1v) is 8.27. The van der Waals surface area contributed by atoms with Gasteiger partial charge in [0.1, 0.15) is 5.92 Å². The van der Waals surface area contributed by atoms with Gasteiger partial charge in [0, 0.05) is 18.4 Å². The van der Waals surface area contributed by atoms with E-state index in [9.17, 15) is 9.59 Å². The number of hydrogen-bond donors (Lipinski definition) is 1. The van der Waals surface area contributed by atoms with Crippen molar-refractivity contribution in [2.24, 2.45) is 5.92 Å². The van der Waals surface area contributed by atoms with Crippen LogP contribution in [0.3, 0.4) is 0 Å². The minimum Gasteiger partial charge on any atom is -0.350 e. The number of anilines is 1. The smallest absolute Gasteiger partial charge is 0.239 e. The van der Waals surface area contributed by atoms with Crippen LogP contribution in [0.4, 0.5) is 5.69 Å². The van der Waals surface area contributed by atoms with E-state index in [0.29, 0.717) is 19.5 Å². The lowest BCUT2D eigenvalue weighted by atomic mass is 10.1. The van der Waals surface area contributed by atoms with E-state index in [0.717, 1.165) is 17.8 Å². The van der Waals surface area contributed by atoms with Crippen LogP contribution < -0.4 is 10.2 Å². The molecule has 1 N–H and O–H groups in total. The summed E-state index contributed by atoms with van der Waals surface area (Å²) in [6.45, 7) is 3.01. The summed E-state index contributed by atoms with van der Waals surface area (Å²) in [5.74, 6) is -0.962. The number of nitrogens with one attached hydrogen (secondary N) is 1. The lowest BCUT2D eigenvalue weighted by Gasteiger charge is -2.17. The second-order valence-corrected chi connectivity index (χ2v) is 5.89. The second-order valence-electron chi connectivity index (χ2n) is 5.89. The van der Waals surface area contributed by atoms with E-state index in [1.54, 1.807) is 11.1 Å². The van der Waals surface area contributed by atoms with E-state index < -0.39 is 5.92 Å². The summed E-state index contributed by atoms with van der Waals surface area (Å²) in [4.78, 5) is 30.7. The van der Waals surface area contributed by atoms with Crippen molar-refractivity contribution in [2.75, 3.05) is 11.4 Å². The van der Waals surface area contributed by atoms with E-state index >= 15 is 0 Å². The Labute approximate surface area is 141 Å². The largest absolute Gasteiger partial charge is 0.350 e. The zero-order valence-corrected chi connectivity index (χ0v) is 13.7. The zero-order valence-electron chi connectivity index (χ0n) is 13.7. The zero-order chi connectivity index (χ0) is 16.9. The number of hydrogen-bond acceptors (Lipinski definition) is 3. The first-order chi connectivity index (χ1) is 11.7. The number of carbonyl (C=O) groups is 2. The standard InChI is InChI=1S/C19H21N3O2/c1-2-14-6-8-16(9-7-14)22-12-10-17(19(22)24)18(23)21-13-15-5-3-4-11-20-15/h3-9,11,17H,2,10,12-13H2,1H3,(H,21,23)/t17-/m1/s1. The van der Waals surface area contributed by atoms with Crippen molar-refractivity contribution in [1.82, 2.24) is 10.3 Å². The highest BCUT2D eigenvalue weighted by Crippen LogP contribution is 2.25. The Morgan fingerprint density at radius 3 is 2.71 bits per heavy atom. The highest BCUT2D eigenvalue weighted by molar-refractivity contribution is 6.09. The normalized spacial score (nSPS) is 17.1. The summed E-state index contributed by atoms with van der Waals surface area (Å²) in [5, 5.41) is 2.81. The van der Waals surface area contributed by atoms with Gasteiger partial charge in [0.2, 0.25) is 11.8 Å². The fourth-order valence-electron chi connectivity index (χ4n) is 2.89. The van der Waals surface area contributed by atoms with Gasteiger partial charge < -0.3 is 10.2 Å². The first-order valence-electron chi connectivity index (χ1n) is 8.27. The molecule has 24 heavy (non-hydrogen) atoms. The Kier molecular flexibility index (Phi) is 4.89. The molecule has 5 nitrogen and oxygen atoms in total. The molecule has 1 aromatic heterocycles. The molecule has 1 aliphatic rings. The molecule has 1 fully saturated rings. The molecule has 2 amide bonds. The molecule has 1 saturated heterocycles. The highest BCUT2D eigenvalue weighted by Gasteiger charge is 2.37. The molecule has 1 aliphatic heterocycles. The van der Waals surface area contributed by atoms with Gasteiger partial charge in [0.25, 0.3) is 0 Å². The third-order valence-corrected chi connectivity index (χ3v) is 4.35. The van der Waals surface area contributed by atoms with Gasteiger partial charge in [0.05, 0.1) is 12.2 Å². The fourth-order valence-corrected chi connectivity index (χ4v) is 2.89. The predicted molar refractivity (Wildman–Crippen MR) is 92.4 cm³/mol. The Balaban J connectivity index is 1.61. The molecule has 5 heteroatoms. The summed E-state index contributed by atoms with van der Waals surface area (Å²) in [7, 11) is 0. The monoisotopic (exact) mass is 323 g/mol. The predicted octanol–water partition coefficient (Wildman–Crippen LogP) is 2.31. The number of benzene rings is 1. The van der Waals surface area contributed by atoms with Crippen molar-refractivity contribution in [2.45, 2.75) is 26.3 Å². The van der Waals surface area contributed by atoms with E-state index in [2.05, 4.69) is 17.2 Å². The Morgan fingerprint density at radius 1 is 1.25 bits per heavy atom. The van der Waals surface area contributed by atoms with Crippen LogP contribution in [0, 0.1) is 5.92 Å². The van der Waals surface area contributed by atoms with Crippen molar-refractivity contribution < 1.29 is 9.59 Å². The van der Waals surface area contributed by atoms with E-state index in [1.807, 2.05) is 42.5 Å². The summed E-state index contributed by atoms with van der Waals surface area (Å²) >= 11 is 0. The maximum Gasteiger partial charge on any atom is 0.239 e. The van der Waals surface area contributed by atoms with Crippen molar-refractivity contribution >= 4 is 17.5 Å². The van der Waals surface area contributed by atoms with Gasteiger partial charge in [-0.1, -0.05) is 25.1 Å². The lowest BCUT2D eigenvalue weighted by Crippen LogP contribution is -2.36. The Bertz CT molecular complexity index is 713. The number of aromatic nitrogens is 1. The van der Waals surface area contributed by atoms with Crippen LogP contribution in [0.1, 0.15) is 24.6 Å². The molecule has 3 rings (SSSR count). The Morgan fingerprint density at radius 2 is 2.04 bits per heavy atom. The number of rotatable bonds is 5. The number of carbonyl (C=O) groups excluding carboxylic acids is 2. The molecule has 0 bridgehead atoms. The second kappa shape index (κ2) is 7.25. The molecule has 2 heterocycles. The van der Waals surface area contributed by atoms with Gasteiger partial charge in [-0.2, -0.15) is 0 Å². The third kappa shape index (κ3) is 3.45. The third-order valence-electron chi connectivity index (χ3n) is 4.35. The summed E-state index contributed by atoms with van der Waals surface area (Å²) in [5.41, 5.74) is 2.87. The van der Waals surface area contributed by atoms with Crippen LogP contribution in [-0.2, 0) is 22.6 Å². The van der Waals surface area contributed by atoms with Gasteiger partial charge >= 0.3 is 0 Å². The van der Waals surface area contributed by atoms with Crippen LogP contribution in [0.5, 0.6) is 0 Å². The van der Waals surface area contributed by atoms with Crippen LogP contribution in [-0.4, -0.2) is 23.3 Å². The molecule has 0 unspecified atom stereocenters. The molecule has 0 aliphatic carbocycles.